The number of nitrogens with one attached hydrogen (secondary N) is 1. The zero-order chi connectivity index (χ0) is 16.0. The quantitative estimate of drug-likeness (QED) is 0.808. The molecule has 1 aromatic carbocycles. The fourth-order valence-electron chi connectivity index (χ4n) is 3.34. The Hall–Kier alpha value is -2.56. The number of benzene rings is 1. The minimum Gasteiger partial charge on any atom is -0.347 e. The normalized spacial score (nSPS) is 14.0. The molecule has 1 N–H and O–H groups in total. The van der Waals surface area contributed by atoms with Gasteiger partial charge in [-0.3, -0.25) is 9.89 Å². The van der Waals surface area contributed by atoms with Gasteiger partial charge in [0.1, 0.15) is 0 Å². The van der Waals surface area contributed by atoms with Gasteiger partial charge in [0.2, 0.25) is 0 Å². The number of H-pyrrole nitrogens is 1. The number of hydrogen-bond acceptors (Lipinski definition) is 2. The van der Waals surface area contributed by atoms with E-state index in [2.05, 4.69) is 46.9 Å². The number of aromatic amines is 1. The molecule has 0 bridgehead atoms. The van der Waals surface area contributed by atoms with Crippen LogP contribution in [0.5, 0.6) is 0 Å². The fourth-order valence-corrected chi connectivity index (χ4v) is 3.34. The van der Waals surface area contributed by atoms with E-state index in [1.807, 2.05) is 23.2 Å². The predicted molar refractivity (Wildman–Crippen MR) is 88.9 cm³/mol. The van der Waals surface area contributed by atoms with Crippen LogP contribution in [0.3, 0.4) is 0 Å². The molecule has 0 saturated carbocycles. The van der Waals surface area contributed by atoms with Crippen LogP contribution in [0.25, 0.3) is 10.9 Å². The number of amides is 1. The first kappa shape index (κ1) is 14.1. The van der Waals surface area contributed by atoms with Gasteiger partial charge in [0, 0.05) is 41.3 Å². The molecule has 0 spiro atoms. The van der Waals surface area contributed by atoms with Gasteiger partial charge in [-0.25, -0.2) is 0 Å². The van der Waals surface area contributed by atoms with E-state index in [9.17, 15) is 4.79 Å². The van der Waals surface area contributed by atoms with E-state index in [1.165, 1.54) is 0 Å². The summed E-state index contributed by atoms with van der Waals surface area (Å²) in [5.41, 5.74) is 4.07. The summed E-state index contributed by atoms with van der Waals surface area (Å²) in [5.74, 6) is 0.656. The van der Waals surface area contributed by atoms with Crippen molar-refractivity contribution >= 4 is 16.8 Å². The van der Waals surface area contributed by atoms with Gasteiger partial charge in [0.05, 0.1) is 18.4 Å². The van der Waals surface area contributed by atoms with Gasteiger partial charge < -0.3 is 9.47 Å². The summed E-state index contributed by atoms with van der Waals surface area (Å²) in [5, 5.41) is 8.03. The van der Waals surface area contributed by atoms with Crippen LogP contribution in [0, 0.1) is 5.92 Å². The van der Waals surface area contributed by atoms with E-state index in [-0.39, 0.29) is 5.91 Å². The van der Waals surface area contributed by atoms with Crippen molar-refractivity contribution in [2.45, 2.75) is 33.5 Å². The molecule has 0 radical (unpaired) electrons. The molecular formula is C18H20N4O. The first-order chi connectivity index (χ1) is 11.1. The Morgan fingerprint density at radius 3 is 2.96 bits per heavy atom. The molecule has 2 aromatic heterocycles. The highest BCUT2D eigenvalue weighted by atomic mass is 16.2. The number of rotatable bonds is 3. The summed E-state index contributed by atoms with van der Waals surface area (Å²) in [4.78, 5) is 14.8. The molecule has 0 fully saturated rings. The summed E-state index contributed by atoms with van der Waals surface area (Å²) < 4.78 is 2.23. The highest BCUT2D eigenvalue weighted by Crippen LogP contribution is 2.26. The van der Waals surface area contributed by atoms with Crippen LogP contribution in [0.1, 0.15) is 35.5 Å². The lowest BCUT2D eigenvalue weighted by Gasteiger charge is -2.16. The summed E-state index contributed by atoms with van der Waals surface area (Å²) in [6, 6.07) is 8.05. The van der Waals surface area contributed by atoms with Crippen molar-refractivity contribution in [3.8, 4) is 0 Å². The van der Waals surface area contributed by atoms with Gasteiger partial charge in [0.25, 0.3) is 5.91 Å². The first-order valence-electron chi connectivity index (χ1n) is 8.01. The molecular weight excluding hydrogens is 288 g/mol. The van der Waals surface area contributed by atoms with Gasteiger partial charge in [-0.2, -0.15) is 5.10 Å². The van der Waals surface area contributed by atoms with E-state index >= 15 is 0 Å². The fraction of sp³-hybridized carbons (Fsp3) is 0.333. The third-order valence-electron chi connectivity index (χ3n) is 4.41. The molecule has 4 rings (SSSR count). The minimum absolute atomic E-state index is 0.0856. The Kier molecular flexibility index (Phi) is 3.22. The molecule has 1 aliphatic heterocycles. The maximum Gasteiger partial charge on any atom is 0.255 e. The van der Waals surface area contributed by atoms with Crippen molar-refractivity contribution in [3.05, 3.63) is 53.5 Å². The molecule has 3 aromatic rings. The van der Waals surface area contributed by atoms with Gasteiger partial charge >= 0.3 is 0 Å². The molecule has 5 nitrogen and oxygen atoms in total. The molecule has 1 amide bonds. The van der Waals surface area contributed by atoms with Crippen LogP contribution in [-0.2, 0) is 19.6 Å². The SMILES string of the molecule is CC(C)Cn1ccc2c(C(=O)N3Cc4cn[nH]c4C3)cccc21. The average molecular weight is 308 g/mol. The van der Waals surface area contributed by atoms with Crippen LogP contribution in [0.4, 0.5) is 0 Å². The zero-order valence-corrected chi connectivity index (χ0v) is 13.4. The van der Waals surface area contributed by atoms with Crippen molar-refractivity contribution in [3.63, 3.8) is 0 Å². The molecule has 1 aliphatic rings. The number of nitrogens with zero attached hydrogens (tertiary/aromatic N) is 3. The van der Waals surface area contributed by atoms with Gasteiger partial charge in [-0.1, -0.05) is 19.9 Å². The standard InChI is InChI=1S/C18H20N4O/c1-12(2)9-21-7-6-14-15(4-3-5-17(14)21)18(23)22-10-13-8-19-20-16(13)11-22/h3-8,12H,9-11H2,1-2H3,(H,19,20). The highest BCUT2D eigenvalue weighted by Gasteiger charge is 2.26. The largest absolute Gasteiger partial charge is 0.347 e. The lowest BCUT2D eigenvalue weighted by Crippen LogP contribution is -2.25. The molecule has 5 heteroatoms. The van der Waals surface area contributed by atoms with Gasteiger partial charge in [-0.05, 0) is 24.1 Å². The summed E-state index contributed by atoms with van der Waals surface area (Å²) in [7, 11) is 0. The maximum atomic E-state index is 12.9. The summed E-state index contributed by atoms with van der Waals surface area (Å²) in [6.07, 6.45) is 3.89. The molecule has 3 heterocycles. The Bertz CT molecular complexity index is 854. The number of fused-ring (bicyclic) bond motifs is 2. The van der Waals surface area contributed by atoms with Crippen molar-refractivity contribution < 1.29 is 4.79 Å². The van der Waals surface area contributed by atoms with E-state index in [0.717, 1.165) is 34.3 Å². The van der Waals surface area contributed by atoms with Crippen molar-refractivity contribution in [2.75, 3.05) is 0 Å². The van der Waals surface area contributed by atoms with E-state index in [1.54, 1.807) is 0 Å². The predicted octanol–water partition coefficient (Wildman–Crippen LogP) is 3.18. The second-order valence-corrected chi connectivity index (χ2v) is 6.64. The van der Waals surface area contributed by atoms with Crippen molar-refractivity contribution in [1.29, 1.82) is 0 Å². The first-order valence-corrected chi connectivity index (χ1v) is 8.01. The third kappa shape index (κ3) is 2.32. The number of carbonyl (C=O) groups is 1. The lowest BCUT2D eigenvalue weighted by molar-refractivity contribution is 0.0751. The topological polar surface area (TPSA) is 53.9 Å². The molecule has 0 atom stereocenters. The number of hydrogen-bond donors (Lipinski definition) is 1. The zero-order valence-electron chi connectivity index (χ0n) is 13.4. The summed E-state index contributed by atoms with van der Waals surface area (Å²) in [6.45, 7) is 6.60. The molecule has 0 unspecified atom stereocenters. The van der Waals surface area contributed by atoms with E-state index in [0.29, 0.717) is 19.0 Å². The average Bonchev–Trinajstić information content (AvgIpc) is 3.20. The Balaban J connectivity index is 1.68. The third-order valence-corrected chi connectivity index (χ3v) is 4.41. The smallest absolute Gasteiger partial charge is 0.255 e. The van der Waals surface area contributed by atoms with Crippen molar-refractivity contribution in [1.82, 2.24) is 19.7 Å². The molecule has 0 aliphatic carbocycles. The summed E-state index contributed by atoms with van der Waals surface area (Å²) >= 11 is 0. The van der Waals surface area contributed by atoms with Crippen LogP contribution in [0.2, 0.25) is 0 Å². The maximum absolute atomic E-state index is 12.9. The Labute approximate surface area is 134 Å². The van der Waals surface area contributed by atoms with Crippen LogP contribution in [0.15, 0.2) is 36.7 Å². The molecule has 0 saturated heterocycles. The monoisotopic (exact) mass is 308 g/mol. The van der Waals surface area contributed by atoms with Gasteiger partial charge in [-0.15, -0.1) is 0 Å². The number of carbonyl (C=O) groups excluding carboxylic acids is 1. The Morgan fingerprint density at radius 1 is 1.30 bits per heavy atom. The second-order valence-electron chi connectivity index (χ2n) is 6.64. The lowest BCUT2D eigenvalue weighted by atomic mass is 10.1. The highest BCUT2D eigenvalue weighted by molar-refractivity contribution is 6.06. The van der Waals surface area contributed by atoms with Crippen molar-refractivity contribution in [2.24, 2.45) is 5.92 Å². The molecule has 118 valence electrons. The van der Waals surface area contributed by atoms with Crippen LogP contribution < -0.4 is 0 Å². The van der Waals surface area contributed by atoms with Crippen LogP contribution >= 0.6 is 0 Å². The molecule has 23 heavy (non-hydrogen) atoms. The Morgan fingerprint density at radius 2 is 2.17 bits per heavy atom. The van der Waals surface area contributed by atoms with E-state index in [4.69, 9.17) is 0 Å². The van der Waals surface area contributed by atoms with E-state index < -0.39 is 0 Å². The van der Waals surface area contributed by atoms with Gasteiger partial charge in [0.15, 0.2) is 0 Å². The number of aromatic nitrogens is 3. The van der Waals surface area contributed by atoms with Crippen LogP contribution in [-0.4, -0.2) is 25.6 Å². The minimum atomic E-state index is 0.0856. The second kappa shape index (κ2) is 5.26.